The van der Waals surface area contributed by atoms with E-state index in [0.29, 0.717) is 6.54 Å². The second kappa shape index (κ2) is 10.8. The summed E-state index contributed by atoms with van der Waals surface area (Å²) in [5.41, 5.74) is 4.25. The molecule has 1 N–H and O–H groups in total. The number of imidazole rings is 1. The van der Waals surface area contributed by atoms with E-state index in [-0.39, 0.29) is 5.82 Å². The zero-order chi connectivity index (χ0) is 25.7. The van der Waals surface area contributed by atoms with Crippen molar-refractivity contribution in [3.63, 3.8) is 0 Å². The molecule has 0 fully saturated rings. The SMILES string of the molecule is C=C/C=C(\C=C/C)C(c1ccccc1)(c1ccccc1)n1cnc(CNc2nc3ccc(F)cc3s2)c1. The van der Waals surface area contributed by atoms with Gasteiger partial charge in [0.2, 0.25) is 0 Å². The molecule has 0 aliphatic heterocycles. The number of anilines is 1. The number of nitrogens with zero attached hydrogens (tertiary/aromatic N) is 3. The smallest absolute Gasteiger partial charge is 0.184 e. The van der Waals surface area contributed by atoms with Crippen LogP contribution in [0.3, 0.4) is 0 Å². The second-order valence-corrected chi connectivity index (χ2v) is 9.59. The van der Waals surface area contributed by atoms with Gasteiger partial charge in [0.05, 0.1) is 28.8 Å². The summed E-state index contributed by atoms with van der Waals surface area (Å²) in [6, 6.07) is 25.5. The molecule has 0 spiro atoms. The number of benzene rings is 3. The summed E-state index contributed by atoms with van der Waals surface area (Å²) in [5.74, 6) is -0.260. The Balaban J connectivity index is 1.59. The van der Waals surface area contributed by atoms with Gasteiger partial charge in [0.15, 0.2) is 5.13 Å². The molecule has 37 heavy (non-hydrogen) atoms. The minimum Gasteiger partial charge on any atom is -0.356 e. The number of nitrogens with one attached hydrogen (secondary N) is 1. The van der Waals surface area contributed by atoms with Gasteiger partial charge in [0.25, 0.3) is 0 Å². The fourth-order valence-corrected chi connectivity index (χ4v) is 5.57. The number of allylic oxidation sites excluding steroid dienone is 5. The summed E-state index contributed by atoms with van der Waals surface area (Å²) in [7, 11) is 0. The molecular weight excluding hydrogens is 479 g/mol. The van der Waals surface area contributed by atoms with Gasteiger partial charge in [-0.2, -0.15) is 0 Å². The molecule has 2 heterocycles. The van der Waals surface area contributed by atoms with Gasteiger partial charge in [-0.25, -0.2) is 14.4 Å². The number of hydrogen-bond donors (Lipinski definition) is 1. The monoisotopic (exact) mass is 506 g/mol. The van der Waals surface area contributed by atoms with E-state index in [1.807, 2.05) is 37.5 Å². The maximum Gasteiger partial charge on any atom is 0.184 e. The highest BCUT2D eigenvalue weighted by Crippen LogP contribution is 2.42. The summed E-state index contributed by atoms with van der Waals surface area (Å²) in [4.78, 5) is 9.33. The van der Waals surface area contributed by atoms with E-state index in [1.54, 1.807) is 6.07 Å². The first-order valence-corrected chi connectivity index (χ1v) is 12.9. The highest BCUT2D eigenvalue weighted by atomic mass is 32.1. The highest BCUT2D eigenvalue weighted by Gasteiger charge is 2.39. The van der Waals surface area contributed by atoms with Crippen molar-refractivity contribution in [1.29, 1.82) is 0 Å². The number of aromatic nitrogens is 3. The molecule has 2 aromatic heterocycles. The molecular formula is C31H27FN4S. The number of halogens is 1. The van der Waals surface area contributed by atoms with Gasteiger partial charge < -0.3 is 9.88 Å². The molecule has 0 bridgehead atoms. The summed E-state index contributed by atoms with van der Waals surface area (Å²) in [5, 5.41) is 4.09. The van der Waals surface area contributed by atoms with Crippen LogP contribution in [0.4, 0.5) is 9.52 Å². The van der Waals surface area contributed by atoms with Gasteiger partial charge in [-0.05, 0) is 41.8 Å². The molecule has 0 aliphatic carbocycles. The first kappa shape index (κ1) is 24.4. The van der Waals surface area contributed by atoms with Crippen LogP contribution >= 0.6 is 11.3 Å². The molecule has 6 heteroatoms. The topological polar surface area (TPSA) is 42.7 Å². The molecule has 0 saturated carbocycles. The van der Waals surface area contributed by atoms with E-state index in [0.717, 1.165) is 37.7 Å². The number of rotatable bonds is 9. The number of hydrogen-bond acceptors (Lipinski definition) is 4. The van der Waals surface area contributed by atoms with Crippen LogP contribution in [0.2, 0.25) is 0 Å². The van der Waals surface area contributed by atoms with Gasteiger partial charge in [0, 0.05) is 6.20 Å². The van der Waals surface area contributed by atoms with Crippen molar-refractivity contribution in [1.82, 2.24) is 14.5 Å². The lowest BCUT2D eigenvalue weighted by molar-refractivity contribution is 0.513. The lowest BCUT2D eigenvalue weighted by Gasteiger charge is -2.38. The Morgan fingerprint density at radius 2 is 1.76 bits per heavy atom. The molecule has 3 aromatic carbocycles. The van der Waals surface area contributed by atoms with E-state index in [1.165, 1.54) is 23.5 Å². The fraction of sp³-hybridized carbons (Fsp3) is 0.0968. The molecule has 0 unspecified atom stereocenters. The third kappa shape index (κ3) is 4.76. The van der Waals surface area contributed by atoms with Gasteiger partial charge in [0.1, 0.15) is 11.4 Å². The Morgan fingerprint density at radius 3 is 2.41 bits per heavy atom. The predicted octanol–water partition coefficient (Wildman–Crippen LogP) is 7.72. The molecule has 184 valence electrons. The van der Waals surface area contributed by atoms with Gasteiger partial charge >= 0.3 is 0 Å². The van der Waals surface area contributed by atoms with Crippen LogP contribution in [0, 0.1) is 5.82 Å². The normalized spacial score (nSPS) is 12.3. The Kier molecular flexibility index (Phi) is 7.10. The van der Waals surface area contributed by atoms with Crippen LogP contribution in [-0.2, 0) is 12.1 Å². The average Bonchev–Trinajstić information content (AvgIpc) is 3.56. The van der Waals surface area contributed by atoms with Crippen LogP contribution in [-0.4, -0.2) is 14.5 Å². The van der Waals surface area contributed by atoms with Crippen molar-refractivity contribution in [2.45, 2.75) is 19.0 Å². The maximum absolute atomic E-state index is 13.6. The third-order valence-electron chi connectivity index (χ3n) is 6.24. The minimum atomic E-state index is -0.665. The Hall–Kier alpha value is -4.29. The van der Waals surface area contributed by atoms with E-state index in [9.17, 15) is 4.39 Å². The van der Waals surface area contributed by atoms with Crippen molar-refractivity contribution in [3.05, 3.63) is 150 Å². The lowest BCUT2D eigenvalue weighted by Crippen LogP contribution is -2.37. The van der Waals surface area contributed by atoms with Crippen LogP contribution in [0.25, 0.3) is 10.2 Å². The van der Waals surface area contributed by atoms with Gasteiger partial charge in [-0.1, -0.05) is 103 Å². The Bertz CT molecular complexity index is 1530. The maximum atomic E-state index is 13.6. The lowest BCUT2D eigenvalue weighted by atomic mass is 9.76. The van der Waals surface area contributed by atoms with E-state index < -0.39 is 5.54 Å². The molecule has 0 aliphatic rings. The highest BCUT2D eigenvalue weighted by molar-refractivity contribution is 7.22. The van der Waals surface area contributed by atoms with E-state index >= 15 is 0 Å². The summed E-state index contributed by atoms with van der Waals surface area (Å²) >= 11 is 1.43. The largest absolute Gasteiger partial charge is 0.356 e. The predicted molar refractivity (Wildman–Crippen MR) is 151 cm³/mol. The van der Waals surface area contributed by atoms with E-state index in [4.69, 9.17) is 4.98 Å². The average molecular weight is 507 g/mol. The first-order valence-electron chi connectivity index (χ1n) is 12.1. The van der Waals surface area contributed by atoms with E-state index in [2.05, 4.69) is 88.3 Å². The second-order valence-electron chi connectivity index (χ2n) is 8.56. The first-order chi connectivity index (χ1) is 18.1. The minimum absolute atomic E-state index is 0.260. The summed E-state index contributed by atoms with van der Waals surface area (Å²) in [6.45, 7) is 6.50. The van der Waals surface area contributed by atoms with Crippen LogP contribution in [0.5, 0.6) is 0 Å². The van der Waals surface area contributed by atoms with Crippen molar-refractivity contribution < 1.29 is 4.39 Å². The van der Waals surface area contributed by atoms with Crippen molar-refractivity contribution in [2.75, 3.05) is 5.32 Å². The quantitative estimate of drug-likeness (QED) is 0.208. The fourth-order valence-electron chi connectivity index (χ4n) is 4.69. The van der Waals surface area contributed by atoms with Crippen molar-refractivity contribution >= 4 is 26.7 Å². The number of fused-ring (bicyclic) bond motifs is 1. The zero-order valence-corrected chi connectivity index (χ0v) is 21.3. The Morgan fingerprint density at radius 1 is 1.05 bits per heavy atom. The summed E-state index contributed by atoms with van der Waals surface area (Å²) in [6.07, 6.45) is 12.0. The third-order valence-corrected chi connectivity index (χ3v) is 7.21. The molecule has 5 aromatic rings. The number of thiazole rings is 1. The molecule has 0 saturated heterocycles. The molecule has 0 amide bonds. The standard InChI is InChI=1S/C31H27FN4S/c1-3-11-23(12-4-2)31(24-13-7-5-8-14-24,25-15-9-6-10-16-25)36-21-27(34-22-36)20-33-30-35-28-18-17-26(32)19-29(28)37-30/h3-19,21-22H,1,20H2,2H3,(H,33,35)/b12-4-,23-11+. The van der Waals surface area contributed by atoms with Gasteiger partial charge in [-0.3, -0.25) is 0 Å². The molecule has 0 atom stereocenters. The van der Waals surface area contributed by atoms with Gasteiger partial charge in [-0.15, -0.1) is 0 Å². The van der Waals surface area contributed by atoms with Crippen LogP contribution in [0.15, 0.2) is 128 Å². The van der Waals surface area contributed by atoms with Crippen LogP contribution in [0.1, 0.15) is 23.7 Å². The van der Waals surface area contributed by atoms with Crippen LogP contribution < -0.4 is 5.32 Å². The summed E-state index contributed by atoms with van der Waals surface area (Å²) < 4.78 is 16.6. The molecule has 4 nitrogen and oxygen atoms in total. The molecule has 0 radical (unpaired) electrons. The van der Waals surface area contributed by atoms with Crippen molar-refractivity contribution in [2.24, 2.45) is 0 Å². The molecule has 5 rings (SSSR count). The van der Waals surface area contributed by atoms with Crippen molar-refractivity contribution in [3.8, 4) is 0 Å². The Labute approximate surface area is 220 Å². The zero-order valence-electron chi connectivity index (χ0n) is 20.5.